The van der Waals surface area contributed by atoms with Gasteiger partial charge in [0, 0.05) is 24.0 Å². The van der Waals surface area contributed by atoms with Crippen molar-refractivity contribution in [1.29, 1.82) is 0 Å². The van der Waals surface area contributed by atoms with Gasteiger partial charge in [0.2, 0.25) is 5.95 Å². The number of thiophene rings is 1. The minimum Gasteiger partial charge on any atom is -0.368 e. The zero-order valence-corrected chi connectivity index (χ0v) is 16.5. The Morgan fingerprint density at radius 2 is 2.04 bits per heavy atom. The second kappa shape index (κ2) is 6.09. The Hall–Kier alpha value is -1.40. The number of rotatable bonds is 2. The first-order valence-electron chi connectivity index (χ1n) is 9.36. The number of nitrogens with zero attached hydrogens (tertiary/aromatic N) is 3. The Balaban J connectivity index is 1.77. The summed E-state index contributed by atoms with van der Waals surface area (Å²) in [5, 5.41) is 3.38. The van der Waals surface area contributed by atoms with Crippen LogP contribution in [0.15, 0.2) is 0 Å². The van der Waals surface area contributed by atoms with E-state index in [2.05, 4.69) is 41.0 Å². The zero-order valence-electron chi connectivity index (χ0n) is 15.7. The van der Waals surface area contributed by atoms with Gasteiger partial charge in [-0.2, -0.15) is 4.98 Å². The van der Waals surface area contributed by atoms with Crippen LogP contribution in [0.4, 0.5) is 11.8 Å². The third-order valence-corrected chi connectivity index (χ3v) is 7.28. The van der Waals surface area contributed by atoms with Crippen molar-refractivity contribution in [3.8, 4) is 0 Å². The Morgan fingerprint density at radius 3 is 2.72 bits per heavy atom. The SMILES string of the molecule is CN[C@@H]1CCN(c2nc(N)nc3c4c(sc23)CCC(C(C)(C)C)C4)C1. The van der Waals surface area contributed by atoms with Crippen molar-refractivity contribution in [3.05, 3.63) is 10.4 Å². The number of nitrogens with two attached hydrogens (primary N) is 1. The van der Waals surface area contributed by atoms with Gasteiger partial charge < -0.3 is 16.0 Å². The van der Waals surface area contributed by atoms with Crippen molar-refractivity contribution in [2.24, 2.45) is 11.3 Å². The van der Waals surface area contributed by atoms with E-state index >= 15 is 0 Å². The molecule has 0 radical (unpaired) electrons. The molecule has 1 fully saturated rings. The van der Waals surface area contributed by atoms with Crippen LogP contribution in [-0.2, 0) is 12.8 Å². The summed E-state index contributed by atoms with van der Waals surface area (Å²) in [5.41, 5.74) is 9.00. The zero-order chi connectivity index (χ0) is 17.8. The maximum Gasteiger partial charge on any atom is 0.222 e. The summed E-state index contributed by atoms with van der Waals surface area (Å²) in [6.45, 7) is 9.09. The van der Waals surface area contributed by atoms with Crippen LogP contribution in [0.5, 0.6) is 0 Å². The molecule has 1 aliphatic carbocycles. The molecule has 3 N–H and O–H groups in total. The number of likely N-dealkylation sites (N-methyl/N-ethyl adjacent to an activating group) is 1. The van der Waals surface area contributed by atoms with Crippen LogP contribution < -0.4 is 16.0 Å². The van der Waals surface area contributed by atoms with Crippen LogP contribution in [0.1, 0.15) is 44.1 Å². The second-order valence-electron chi connectivity index (χ2n) is 8.61. The van der Waals surface area contributed by atoms with E-state index in [-0.39, 0.29) is 0 Å². The second-order valence-corrected chi connectivity index (χ2v) is 9.72. The molecule has 4 rings (SSSR count). The number of aryl methyl sites for hydroxylation is 1. The van der Waals surface area contributed by atoms with E-state index in [1.54, 1.807) is 0 Å². The summed E-state index contributed by atoms with van der Waals surface area (Å²) >= 11 is 1.90. The molecule has 0 amide bonds. The van der Waals surface area contributed by atoms with Gasteiger partial charge in [0.25, 0.3) is 0 Å². The smallest absolute Gasteiger partial charge is 0.222 e. The lowest BCUT2D eigenvalue weighted by Gasteiger charge is -2.33. The maximum atomic E-state index is 6.11. The Labute approximate surface area is 154 Å². The predicted molar refractivity (Wildman–Crippen MR) is 106 cm³/mol. The molecule has 2 aromatic heterocycles. The molecule has 0 spiro atoms. The fourth-order valence-electron chi connectivity index (χ4n) is 4.28. The molecule has 2 atom stereocenters. The molecule has 1 unspecified atom stereocenters. The van der Waals surface area contributed by atoms with Gasteiger partial charge in [-0.3, -0.25) is 0 Å². The molecule has 1 saturated heterocycles. The van der Waals surface area contributed by atoms with Crippen LogP contribution in [0.2, 0.25) is 0 Å². The van der Waals surface area contributed by atoms with Crippen molar-refractivity contribution >= 4 is 33.3 Å². The van der Waals surface area contributed by atoms with Gasteiger partial charge in [-0.05, 0) is 49.6 Å². The van der Waals surface area contributed by atoms with E-state index < -0.39 is 0 Å². The molecule has 25 heavy (non-hydrogen) atoms. The number of anilines is 2. The first-order valence-corrected chi connectivity index (χ1v) is 10.2. The molecule has 2 aromatic rings. The van der Waals surface area contributed by atoms with E-state index in [0.29, 0.717) is 23.3 Å². The summed E-state index contributed by atoms with van der Waals surface area (Å²) in [6, 6.07) is 0.533. The molecular weight excluding hydrogens is 330 g/mol. The Kier molecular flexibility index (Phi) is 4.15. The van der Waals surface area contributed by atoms with Gasteiger partial charge in [-0.1, -0.05) is 20.8 Å². The highest BCUT2D eigenvalue weighted by molar-refractivity contribution is 7.19. The average molecular weight is 360 g/mol. The number of hydrogen-bond acceptors (Lipinski definition) is 6. The van der Waals surface area contributed by atoms with Gasteiger partial charge in [0.05, 0.1) is 10.2 Å². The summed E-state index contributed by atoms with van der Waals surface area (Å²) < 4.78 is 1.24. The number of nitrogen functional groups attached to an aromatic ring is 1. The molecule has 3 heterocycles. The molecule has 0 aromatic carbocycles. The molecule has 136 valence electrons. The van der Waals surface area contributed by atoms with Gasteiger partial charge in [0.15, 0.2) is 5.82 Å². The third kappa shape index (κ3) is 2.99. The van der Waals surface area contributed by atoms with Crippen LogP contribution in [0.3, 0.4) is 0 Å². The first-order chi connectivity index (χ1) is 11.9. The standard InChI is InChI=1S/C19H29N5S/c1-19(2,3)11-5-6-14-13(9-11)15-16(25-14)17(23-18(20)22-15)24-8-7-12(10-24)21-4/h11-12,21H,5-10H2,1-4H3,(H2,20,22,23)/t11?,12-/m1/s1. The lowest BCUT2D eigenvalue weighted by atomic mass is 9.72. The van der Waals surface area contributed by atoms with Gasteiger partial charge in [-0.15, -0.1) is 11.3 Å². The van der Waals surface area contributed by atoms with Crippen molar-refractivity contribution in [1.82, 2.24) is 15.3 Å². The molecule has 1 aliphatic heterocycles. The lowest BCUT2D eigenvalue weighted by molar-refractivity contribution is 0.217. The average Bonchev–Trinajstić information content (AvgIpc) is 3.17. The molecule has 5 nitrogen and oxygen atoms in total. The van der Waals surface area contributed by atoms with E-state index in [1.165, 1.54) is 21.6 Å². The highest BCUT2D eigenvalue weighted by Crippen LogP contribution is 2.45. The largest absolute Gasteiger partial charge is 0.368 e. The highest BCUT2D eigenvalue weighted by atomic mass is 32.1. The van der Waals surface area contributed by atoms with E-state index in [0.717, 1.165) is 43.7 Å². The summed E-state index contributed by atoms with van der Waals surface area (Å²) in [7, 11) is 2.04. The molecule has 0 bridgehead atoms. The van der Waals surface area contributed by atoms with Crippen LogP contribution in [-0.4, -0.2) is 36.1 Å². The van der Waals surface area contributed by atoms with E-state index in [1.807, 2.05) is 18.4 Å². The summed E-state index contributed by atoms with van der Waals surface area (Å²) in [5.74, 6) is 2.17. The fraction of sp³-hybridized carbons (Fsp3) is 0.684. The van der Waals surface area contributed by atoms with Crippen LogP contribution >= 0.6 is 11.3 Å². The maximum absolute atomic E-state index is 6.11. The number of hydrogen-bond donors (Lipinski definition) is 2. The van der Waals surface area contributed by atoms with Crippen molar-refractivity contribution in [2.45, 2.75) is 52.5 Å². The lowest BCUT2D eigenvalue weighted by Crippen LogP contribution is -2.30. The summed E-state index contributed by atoms with van der Waals surface area (Å²) in [6.07, 6.45) is 4.71. The minimum atomic E-state index is 0.336. The normalized spacial score (nSPS) is 24.1. The van der Waals surface area contributed by atoms with Gasteiger partial charge in [0.1, 0.15) is 0 Å². The Morgan fingerprint density at radius 1 is 1.24 bits per heavy atom. The van der Waals surface area contributed by atoms with Gasteiger partial charge in [-0.25, -0.2) is 4.98 Å². The molecule has 6 heteroatoms. The van der Waals surface area contributed by atoms with E-state index in [4.69, 9.17) is 5.73 Å². The monoisotopic (exact) mass is 359 g/mol. The van der Waals surface area contributed by atoms with Crippen molar-refractivity contribution in [2.75, 3.05) is 30.8 Å². The van der Waals surface area contributed by atoms with E-state index in [9.17, 15) is 0 Å². The van der Waals surface area contributed by atoms with Crippen molar-refractivity contribution < 1.29 is 0 Å². The Bertz CT molecular complexity index is 791. The number of fused-ring (bicyclic) bond motifs is 3. The van der Waals surface area contributed by atoms with Crippen LogP contribution in [0.25, 0.3) is 10.2 Å². The molecular formula is C19H29N5S. The van der Waals surface area contributed by atoms with Crippen molar-refractivity contribution in [3.63, 3.8) is 0 Å². The molecule has 0 saturated carbocycles. The summed E-state index contributed by atoms with van der Waals surface area (Å²) in [4.78, 5) is 13.2. The quantitative estimate of drug-likeness (QED) is 0.862. The molecule has 2 aliphatic rings. The van der Waals surface area contributed by atoms with Crippen LogP contribution in [0, 0.1) is 11.3 Å². The fourth-order valence-corrected chi connectivity index (χ4v) is 5.58. The predicted octanol–water partition coefficient (Wildman–Crippen LogP) is 3.22. The third-order valence-electron chi connectivity index (χ3n) is 6.00. The highest BCUT2D eigenvalue weighted by Gasteiger charge is 2.33. The minimum absolute atomic E-state index is 0.336. The first kappa shape index (κ1) is 17.0. The number of aromatic nitrogens is 2. The van der Waals surface area contributed by atoms with Gasteiger partial charge >= 0.3 is 0 Å². The topological polar surface area (TPSA) is 67.1 Å². The number of nitrogens with one attached hydrogen (secondary N) is 1.